The molecule has 1 N–H and O–H groups in total. The van der Waals surface area contributed by atoms with E-state index in [4.69, 9.17) is 4.74 Å². The van der Waals surface area contributed by atoms with E-state index >= 15 is 0 Å². The lowest BCUT2D eigenvalue weighted by Crippen LogP contribution is -2.30. The number of ether oxygens (including phenoxy) is 1. The van der Waals surface area contributed by atoms with E-state index in [1.54, 1.807) is 0 Å². The third-order valence-corrected chi connectivity index (χ3v) is 4.48. The highest BCUT2D eigenvalue weighted by Gasteiger charge is 2.68. The minimum absolute atomic E-state index is 0.0298. The third kappa shape index (κ3) is 1.57. The molecular formula is C12H20O3. The van der Waals surface area contributed by atoms with Crippen molar-refractivity contribution in [2.75, 3.05) is 13.2 Å². The molecule has 3 heteroatoms. The first-order valence-electron chi connectivity index (χ1n) is 5.70. The molecule has 15 heavy (non-hydrogen) atoms. The van der Waals surface area contributed by atoms with Gasteiger partial charge in [-0.1, -0.05) is 20.8 Å². The van der Waals surface area contributed by atoms with E-state index in [-0.39, 0.29) is 16.7 Å². The van der Waals surface area contributed by atoms with Crippen molar-refractivity contribution >= 4 is 5.97 Å². The number of aliphatic carboxylic acids is 1. The molecule has 2 unspecified atom stereocenters. The van der Waals surface area contributed by atoms with Crippen LogP contribution in [0.1, 0.15) is 33.6 Å². The fourth-order valence-corrected chi connectivity index (χ4v) is 3.55. The maximum atomic E-state index is 11.1. The Kier molecular flexibility index (Phi) is 2.34. The summed E-state index contributed by atoms with van der Waals surface area (Å²) in [4.78, 5) is 11.1. The molecule has 1 heterocycles. The minimum Gasteiger partial charge on any atom is -0.481 e. The molecule has 1 saturated carbocycles. The van der Waals surface area contributed by atoms with Gasteiger partial charge in [-0.2, -0.15) is 0 Å². The first-order chi connectivity index (χ1) is 6.89. The Labute approximate surface area is 90.8 Å². The summed E-state index contributed by atoms with van der Waals surface area (Å²) in [6.45, 7) is 7.96. The summed E-state index contributed by atoms with van der Waals surface area (Å²) < 4.78 is 5.36. The van der Waals surface area contributed by atoms with Crippen LogP contribution in [-0.2, 0) is 9.53 Å². The van der Waals surface area contributed by atoms with Gasteiger partial charge in [0.25, 0.3) is 0 Å². The highest BCUT2D eigenvalue weighted by molar-refractivity contribution is 5.75. The van der Waals surface area contributed by atoms with Crippen LogP contribution in [0.4, 0.5) is 0 Å². The molecule has 0 radical (unpaired) electrons. The third-order valence-electron chi connectivity index (χ3n) is 4.48. The zero-order chi connectivity index (χ0) is 11.3. The number of carboxylic acid groups (broad SMARTS) is 1. The van der Waals surface area contributed by atoms with Crippen LogP contribution >= 0.6 is 0 Å². The van der Waals surface area contributed by atoms with Crippen LogP contribution in [0.5, 0.6) is 0 Å². The van der Waals surface area contributed by atoms with Crippen molar-refractivity contribution in [3.8, 4) is 0 Å². The minimum atomic E-state index is -0.627. The molecule has 2 fully saturated rings. The van der Waals surface area contributed by atoms with Crippen LogP contribution in [0, 0.1) is 22.7 Å². The van der Waals surface area contributed by atoms with E-state index in [1.807, 2.05) is 0 Å². The fourth-order valence-electron chi connectivity index (χ4n) is 3.55. The Balaban J connectivity index is 2.15. The monoisotopic (exact) mass is 212 g/mol. The van der Waals surface area contributed by atoms with Crippen LogP contribution in [0.25, 0.3) is 0 Å². The van der Waals surface area contributed by atoms with Crippen LogP contribution in [-0.4, -0.2) is 24.3 Å². The van der Waals surface area contributed by atoms with E-state index in [2.05, 4.69) is 20.8 Å². The molecule has 86 valence electrons. The summed E-state index contributed by atoms with van der Waals surface area (Å²) in [6, 6.07) is 0. The van der Waals surface area contributed by atoms with E-state index in [1.165, 1.54) is 0 Å². The predicted molar refractivity (Wildman–Crippen MR) is 56.6 cm³/mol. The summed E-state index contributed by atoms with van der Waals surface area (Å²) in [6.07, 6.45) is 2.01. The Morgan fingerprint density at radius 1 is 1.27 bits per heavy atom. The molecule has 2 atom stereocenters. The first kappa shape index (κ1) is 10.9. The van der Waals surface area contributed by atoms with Crippen LogP contribution < -0.4 is 0 Å². The fraction of sp³-hybridized carbons (Fsp3) is 0.917. The van der Waals surface area contributed by atoms with Crippen molar-refractivity contribution in [1.29, 1.82) is 0 Å². The van der Waals surface area contributed by atoms with E-state index in [9.17, 15) is 9.90 Å². The Hall–Kier alpha value is -0.570. The van der Waals surface area contributed by atoms with E-state index < -0.39 is 5.97 Å². The number of carboxylic acids is 1. The van der Waals surface area contributed by atoms with Gasteiger partial charge in [-0.3, -0.25) is 4.79 Å². The topological polar surface area (TPSA) is 46.5 Å². The first-order valence-corrected chi connectivity index (χ1v) is 5.70. The predicted octanol–water partition coefficient (Wildman–Crippen LogP) is 2.16. The molecule has 0 bridgehead atoms. The van der Waals surface area contributed by atoms with Crippen LogP contribution in [0.3, 0.4) is 0 Å². The zero-order valence-corrected chi connectivity index (χ0v) is 9.75. The van der Waals surface area contributed by atoms with Crippen molar-refractivity contribution in [3.05, 3.63) is 0 Å². The van der Waals surface area contributed by atoms with Gasteiger partial charge in [-0.15, -0.1) is 0 Å². The molecule has 2 aliphatic rings. The van der Waals surface area contributed by atoms with Gasteiger partial charge < -0.3 is 9.84 Å². The SMILES string of the molecule is CC1(C2C(C(=O)O)C2(C)C)CCOCC1. The van der Waals surface area contributed by atoms with Gasteiger partial charge in [0, 0.05) is 13.2 Å². The molecule has 3 nitrogen and oxygen atoms in total. The summed E-state index contributed by atoms with van der Waals surface area (Å²) in [5.74, 6) is -0.454. The lowest BCUT2D eigenvalue weighted by molar-refractivity contribution is -0.140. The zero-order valence-electron chi connectivity index (χ0n) is 9.75. The molecular weight excluding hydrogens is 192 g/mol. The molecule has 0 aromatic rings. The van der Waals surface area contributed by atoms with Gasteiger partial charge in [-0.05, 0) is 29.6 Å². The molecule has 1 aliphatic carbocycles. The average Bonchev–Trinajstić information content (AvgIpc) is 2.71. The van der Waals surface area contributed by atoms with Crippen LogP contribution in [0.15, 0.2) is 0 Å². The van der Waals surface area contributed by atoms with E-state index in [0.29, 0.717) is 5.92 Å². The van der Waals surface area contributed by atoms with Crippen molar-refractivity contribution < 1.29 is 14.6 Å². The number of hydrogen-bond donors (Lipinski definition) is 1. The summed E-state index contributed by atoms with van der Waals surface area (Å²) in [7, 11) is 0. The lowest BCUT2D eigenvalue weighted by Gasteiger charge is -2.35. The van der Waals surface area contributed by atoms with Gasteiger partial charge in [0.2, 0.25) is 0 Å². The molecule has 0 aromatic heterocycles. The van der Waals surface area contributed by atoms with Gasteiger partial charge in [0.15, 0.2) is 0 Å². The standard InChI is InChI=1S/C12H20O3/c1-11(2)8(10(13)14)9(11)12(3)4-6-15-7-5-12/h8-9H,4-7H2,1-3H3,(H,13,14). The molecule has 1 aliphatic heterocycles. The van der Waals surface area contributed by atoms with E-state index in [0.717, 1.165) is 26.1 Å². The van der Waals surface area contributed by atoms with Gasteiger partial charge >= 0.3 is 5.97 Å². The second-order valence-corrected chi connectivity index (χ2v) is 5.88. The molecule has 1 saturated heterocycles. The smallest absolute Gasteiger partial charge is 0.307 e. The van der Waals surface area contributed by atoms with Crippen LogP contribution in [0.2, 0.25) is 0 Å². The van der Waals surface area contributed by atoms with Gasteiger partial charge in [0.05, 0.1) is 5.92 Å². The Morgan fingerprint density at radius 3 is 2.20 bits per heavy atom. The van der Waals surface area contributed by atoms with Crippen molar-refractivity contribution in [2.24, 2.45) is 22.7 Å². The lowest BCUT2D eigenvalue weighted by atomic mass is 9.75. The molecule has 0 amide bonds. The highest BCUT2D eigenvalue weighted by atomic mass is 16.5. The van der Waals surface area contributed by atoms with Gasteiger partial charge in [-0.25, -0.2) is 0 Å². The largest absolute Gasteiger partial charge is 0.481 e. The molecule has 0 aromatic carbocycles. The maximum absolute atomic E-state index is 11.1. The molecule has 0 spiro atoms. The quantitative estimate of drug-likeness (QED) is 0.763. The van der Waals surface area contributed by atoms with Crippen molar-refractivity contribution in [3.63, 3.8) is 0 Å². The normalized spacial score (nSPS) is 37.3. The van der Waals surface area contributed by atoms with Crippen molar-refractivity contribution in [2.45, 2.75) is 33.6 Å². The summed E-state index contributed by atoms with van der Waals surface area (Å²) in [5, 5.41) is 9.17. The van der Waals surface area contributed by atoms with Crippen molar-refractivity contribution in [1.82, 2.24) is 0 Å². The number of carbonyl (C=O) groups is 1. The number of hydrogen-bond acceptors (Lipinski definition) is 2. The maximum Gasteiger partial charge on any atom is 0.307 e. The Bertz CT molecular complexity index is 277. The van der Waals surface area contributed by atoms with Gasteiger partial charge in [0.1, 0.15) is 0 Å². The Morgan fingerprint density at radius 2 is 1.80 bits per heavy atom. The summed E-state index contributed by atoms with van der Waals surface area (Å²) in [5.41, 5.74) is 0.142. The number of rotatable bonds is 2. The average molecular weight is 212 g/mol. The molecule has 2 rings (SSSR count). The summed E-state index contributed by atoms with van der Waals surface area (Å²) >= 11 is 0. The second-order valence-electron chi connectivity index (χ2n) is 5.88. The highest BCUT2D eigenvalue weighted by Crippen LogP contribution is 2.67. The second kappa shape index (κ2) is 3.21.